The Hall–Kier alpha value is -2.25. The molecule has 28 heavy (non-hydrogen) atoms. The lowest BCUT2D eigenvalue weighted by molar-refractivity contribution is -0.123. The van der Waals surface area contributed by atoms with Gasteiger partial charge in [0.25, 0.3) is 0 Å². The Bertz CT molecular complexity index is 974. The van der Waals surface area contributed by atoms with E-state index >= 15 is 0 Å². The molecule has 0 saturated carbocycles. The summed E-state index contributed by atoms with van der Waals surface area (Å²) in [7, 11) is -2.03. The predicted octanol–water partition coefficient (Wildman–Crippen LogP) is 3.51. The zero-order valence-corrected chi connectivity index (χ0v) is 17.2. The maximum Gasteiger partial charge on any atom is 0.243 e. The molecular formula is C21H25FN2O3S. The van der Waals surface area contributed by atoms with Crippen molar-refractivity contribution in [2.75, 3.05) is 25.0 Å². The van der Waals surface area contributed by atoms with Crippen molar-refractivity contribution in [2.45, 2.75) is 31.6 Å². The molecule has 0 aromatic heterocycles. The summed E-state index contributed by atoms with van der Waals surface area (Å²) in [5, 5.41) is 0. The Balaban J connectivity index is 1.77. The zero-order valence-electron chi connectivity index (χ0n) is 16.4. The lowest BCUT2D eigenvalue weighted by Gasteiger charge is -2.33. The number of carbonyl (C=O) groups is 1. The summed E-state index contributed by atoms with van der Waals surface area (Å²) in [6, 6.07) is 10.6. The molecule has 1 saturated heterocycles. The Morgan fingerprint density at radius 3 is 2.43 bits per heavy atom. The molecule has 3 rings (SSSR count). The van der Waals surface area contributed by atoms with E-state index in [2.05, 4.69) is 0 Å². The average Bonchev–Trinajstić information content (AvgIpc) is 2.69. The normalized spacial score (nSPS) is 18.1. The number of benzene rings is 2. The average molecular weight is 405 g/mol. The van der Waals surface area contributed by atoms with Crippen molar-refractivity contribution in [1.82, 2.24) is 4.31 Å². The van der Waals surface area contributed by atoms with Gasteiger partial charge in [0.1, 0.15) is 5.82 Å². The molecule has 0 bridgehead atoms. The maximum absolute atomic E-state index is 13.1. The highest BCUT2D eigenvalue weighted by Gasteiger charge is 2.34. The van der Waals surface area contributed by atoms with Gasteiger partial charge in [-0.25, -0.2) is 12.8 Å². The van der Waals surface area contributed by atoms with Crippen molar-refractivity contribution < 1.29 is 17.6 Å². The SMILES string of the molecule is Cc1ccc(N(C)C(=O)C2CCCN(S(=O)(=O)c3ccc(F)cc3)C2)cc1C. The predicted molar refractivity (Wildman–Crippen MR) is 107 cm³/mol. The number of nitrogens with zero attached hydrogens (tertiary/aromatic N) is 2. The van der Waals surface area contributed by atoms with Gasteiger partial charge in [-0.05, 0) is 74.2 Å². The van der Waals surface area contributed by atoms with Gasteiger partial charge in [0.05, 0.1) is 10.8 Å². The number of carbonyl (C=O) groups excluding carboxylic acids is 1. The van der Waals surface area contributed by atoms with Crippen LogP contribution >= 0.6 is 0 Å². The summed E-state index contributed by atoms with van der Waals surface area (Å²) in [4.78, 5) is 14.7. The van der Waals surface area contributed by atoms with Crippen LogP contribution in [0.25, 0.3) is 0 Å². The number of sulfonamides is 1. The number of halogens is 1. The van der Waals surface area contributed by atoms with Gasteiger partial charge in [-0.2, -0.15) is 4.31 Å². The summed E-state index contributed by atoms with van der Waals surface area (Å²) < 4.78 is 40.2. The van der Waals surface area contributed by atoms with Crippen molar-refractivity contribution >= 4 is 21.6 Å². The third-order valence-corrected chi connectivity index (χ3v) is 7.27. The molecule has 1 heterocycles. The van der Waals surface area contributed by atoms with Crippen molar-refractivity contribution in [3.8, 4) is 0 Å². The summed E-state index contributed by atoms with van der Waals surface area (Å²) in [6.45, 7) is 4.50. The van der Waals surface area contributed by atoms with Crippen LogP contribution in [0.15, 0.2) is 47.4 Å². The van der Waals surface area contributed by atoms with Gasteiger partial charge < -0.3 is 4.90 Å². The van der Waals surface area contributed by atoms with E-state index < -0.39 is 21.8 Å². The Morgan fingerprint density at radius 2 is 1.79 bits per heavy atom. The van der Waals surface area contributed by atoms with Crippen LogP contribution < -0.4 is 4.90 Å². The first-order chi connectivity index (χ1) is 13.2. The third kappa shape index (κ3) is 4.10. The minimum atomic E-state index is -3.75. The molecule has 0 aliphatic carbocycles. The van der Waals surface area contributed by atoms with Crippen LogP contribution in [0.5, 0.6) is 0 Å². The molecule has 1 unspecified atom stereocenters. The summed E-state index contributed by atoms with van der Waals surface area (Å²) in [5.74, 6) is -0.987. The quantitative estimate of drug-likeness (QED) is 0.784. The number of amides is 1. The summed E-state index contributed by atoms with van der Waals surface area (Å²) in [6.07, 6.45) is 1.25. The molecule has 2 aromatic rings. The molecule has 5 nitrogen and oxygen atoms in total. The van der Waals surface area contributed by atoms with E-state index in [4.69, 9.17) is 0 Å². The minimum absolute atomic E-state index is 0.0458. The standard InChI is InChI=1S/C21H25FN2O3S/c1-15-6-9-19(13-16(15)2)23(3)21(25)17-5-4-12-24(14-17)28(26,27)20-10-7-18(22)8-11-20/h6-11,13,17H,4-5,12,14H2,1-3H3. The van der Waals surface area contributed by atoms with Crippen LogP contribution in [0, 0.1) is 25.6 Å². The maximum atomic E-state index is 13.1. The fraction of sp³-hybridized carbons (Fsp3) is 0.381. The second-order valence-corrected chi connectivity index (χ2v) is 9.26. The zero-order chi connectivity index (χ0) is 20.5. The number of aryl methyl sites for hydroxylation is 2. The van der Waals surface area contributed by atoms with Gasteiger partial charge in [-0.15, -0.1) is 0 Å². The first-order valence-corrected chi connectivity index (χ1v) is 10.7. The molecule has 150 valence electrons. The van der Waals surface area contributed by atoms with Gasteiger partial charge in [0.2, 0.25) is 15.9 Å². The topological polar surface area (TPSA) is 57.7 Å². The van der Waals surface area contributed by atoms with E-state index in [9.17, 15) is 17.6 Å². The monoisotopic (exact) mass is 404 g/mol. The fourth-order valence-corrected chi connectivity index (χ4v) is 4.98. The number of rotatable bonds is 4. The number of hydrogen-bond donors (Lipinski definition) is 0. The molecule has 0 radical (unpaired) electrons. The Labute approximate surface area is 165 Å². The first-order valence-electron chi connectivity index (χ1n) is 9.30. The van der Waals surface area contributed by atoms with Crippen molar-refractivity contribution in [2.24, 2.45) is 5.92 Å². The molecule has 0 N–H and O–H groups in total. The molecule has 1 atom stereocenters. The Morgan fingerprint density at radius 1 is 1.11 bits per heavy atom. The van der Waals surface area contributed by atoms with Gasteiger partial charge in [-0.1, -0.05) is 6.07 Å². The second-order valence-electron chi connectivity index (χ2n) is 7.32. The van der Waals surface area contributed by atoms with Gasteiger partial charge in [-0.3, -0.25) is 4.79 Å². The van der Waals surface area contributed by atoms with Crippen LogP contribution in [0.3, 0.4) is 0 Å². The van der Waals surface area contributed by atoms with Gasteiger partial charge in [0.15, 0.2) is 0 Å². The lowest BCUT2D eigenvalue weighted by atomic mass is 9.98. The van der Waals surface area contributed by atoms with Crippen LogP contribution in [0.2, 0.25) is 0 Å². The van der Waals surface area contributed by atoms with E-state index in [1.165, 1.54) is 16.4 Å². The number of hydrogen-bond acceptors (Lipinski definition) is 3. The van der Waals surface area contributed by atoms with Crippen molar-refractivity contribution in [3.05, 3.63) is 59.4 Å². The van der Waals surface area contributed by atoms with Gasteiger partial charge >= 0.3 is 0 Å². The number of anilines is 1. The highest BCUT2D eigenvalue weighted by molar-refractivity contribution is 7.89. The van der Waals surface area contributed by atoms with E-state index in [0.29, 0.717) is 19.4 Å². The second kappa shape index (κ2) is 8.01. The lowest BCUT2D eigenvalue weighted by Crippen LogP contribution is -2.46. The third-order valence-electron chi connectivity index (χ3n) is 5.39. The molecular weight excluding hydrogens is 379 g/mol. The molecule has 1 aliphatic rings. The molecule has 1 aliphatic heterocycles. The van der Waals surface area contributed by atoms with E-state index in [1.54, 1.807) is 11.9 Å². The fourth-order valence-electron chi connectivity index (χ4n) is 3.45. The number of piperidine rings is 1. The highest BCUT2D eigenvalue weighted by Crippen LogP contribution is 2.27. The van der Waals surface area contributed by atoms with Crippen LogP contribution in [-0.4, -0.2) is 38.8 Å². The van der Waals surface area contributed by atoms with Gasteiger partial charge in [0, 0.05) is 25.8 Å². The van der Waals surface area contributed by atoms with Crippen molar-refractivity contribution in [3.63, 3.8) is 0 Å². The molecule has 1 fully saturated rings. The first kappa shape index (κ1) is 20.5. The Kier molecular flexibility index (Phi) is 5.86. The van der Waals surface area contributed by atoms with Crippen LogP contribution in [0.4, 0.5) is 10.1 Å². The molecule has 0 spiro atoms. The smallest absolute Gasteiger partial charge is 0.243 e. The van der Waals surface area contributed by atoms with Crippen LogP contribution in [-0.2, 0) is 14.8 Å². The van der Waals surface area contributed by atoms with E-state index in [0.717, 1.165) is 28.9 Å². The van der Waals surface area contributed by atoms with Crippen LogP contribution in [0.1, 0.15) is 24.0 Å². The van der Waals surface area contributed by atoms with Crippen molar-refractivity contribution in [1.29, 1.82) is 0 Å². The minimum Gasteiger partial charge on any atom is -0.315 e. The molecule has 7 heteroatoms. The van der Waals surface area contributed by atoms with E-state index in [-0.39, 0.29) is 17.3 Å². The molecule has 1 amide bonds. The van der Waals surface area contributed by atoms with E-state index in [1.807, 2.05) is 32.0 Å². The molecule has 2 aromatic carbocycles. The highest BCUT2D eigenvalue weighted by atomic mass is 32.2. The largest absolute Gasteiger partial charge is 0.315 e. The summed E-state index contributed by atoms with van der Waals surface area (Å²) in [5.41, 5.74) is 3.05. The summed E-state index contributed by atoms with van der Waals surface area (Å²) >= 11 is 0.